The van der Waals surface area contributed by atoms with Crippen molar-refractivity contribution < 1.29 is 28.9 Å². The number of amides is 1. The van der Waals surface area contributed by atoms with Crippen LogP contribution < -0.4 is 9.47 Å². The Morgan fingerprint density at radius 3 is 2.59 bits per heavy atom. The molecule has 1 N–H and O–H groups in total. The number of aliphatic hydroxyl groups is 1. The van der Waals surface area contributed by atoms with Gasteiger partial charge < -0.3 is 24.2 Å². The van der Waals surface area contributed by atoms with Crippen LogP contribution in [0.15, 0.2) is 48.2 Å². The second kappa shape index (κ2) is 12.8. The quantitative estimate of drug-likeness (QED) is 0.141. The number of fused-ring (bicyclic) bond motifs is 1. The van der Waals surface area contributed by atoms with Crippen molar-refractivity contribution in [1.29, 1.82) is 0 Å². The number of Topliss-reactive ketones (excluding diaryl/α,β-unsaturated/α-hetero) is 1. The average Bonchev–Trinajstić information content (AvgIpc) is 3.40. The molecule has 1 aliphatic heterocycles. The van der Waals surface area contributed by atoms with Gasteiger partial charge in [-0.2, -0.15) is 0 Å². The van der Waals surface area contributed by atoms with Crippen molar-refractivity contribution >= 4 is 23.1 Å². The maximum absolute atomic E-state index is 13.5. The first kappa shape index (κ1) is 28.2. The van der Waals surface area contributed by atoms with Crippen LogP contribution in [0.2, 0.25) is 0 Å². The van der Waals surface area contributed by atoms with Crippen molar-refractivity contribution in [2.45, 2.75) is 52.5 Å². The van der Waals surface area contributed by atoms with E-state index >= 15 is 0 Å². The summed E-state index contributed by atoms with van der Waals surface area (Å²) in [4.78, 5) is 32.8. The minimum atomic E-state index is -0.816. The first-order chi connectivity index (χ1) is 18.9. The molecule has 0 saturated carbocycles. The number of ether oxygens (including phenoxy) is 3. The smallest absolute Gasteiger partial charge is 0.295 e. The number of carbonyl (C=O) groups is 2. The van der Waals surface area contributed by atoms with Crippen LogP contribution >= 0.6 is 0 Å². The normalized spacial score (nSPS) is 16.8. The topological polar surface area (TPSA) is 103 Å². The number of likely N-dealkylation sites (tertiary alicyclic amines) is 1. The highest BCUT2D eigenvalue weighted by Gasteiger charge is 2.46. The molecule has 1 fully saturated rings. The van der Waals surface area contributed by atoms with Gasteiger partial charge in [-0.3, -0.25) is 14.0 Å². The molecule has 0 bridgehead atoms. The highest BCUT2D eigenvalue weighted by atomic mass is 16.5. The molecule has 3 heterocycles. The zero-order chi connectivity index (χ0) is 27.9. The fourth-order valence-corrected chi connectivity index (χ4v) is 4.98. The Labute approximate surface area is 229 Å². The number of carbonyl (C=O) groups excluding carboxylic acids is 2. The van der Waals surface area contributed by atoms with Gasteiger partial charge in [0.15, 0.2) is 17.3 Å². The molecule has 1 amide bonds. The van der Waals surface area contributed by atoms with Crippen molar-refractivity contribution in [2.24, 2.45) is 0 Å². The SMILES string of the molecule is CCCCCOc1ccc(C2/C(=C(\O)c3c(C)nc4ccccn34)C(=O)C(=O)N2CCCOC)cc1OCC. The van der Waals surface area contributed by atoms with Gasteiger partial charge in [0.1, 0.15) is 11.3 Å². The Balaban J connectivity index is 1.83. The van der Waals surface area contributed by atoms with Gasteiger partial charge in [-0.15, -0.1) is 0 Å². The predicted octanol–water partition coefficient (Wildman–Crippen LogP) is 5.07. The van der Waals surface area contributed by atoms with E-state index in [2.05, 4.69) is 11.9 Å². The number of aryl methyl sites for hydroxylation is 1. The monoisotopic (exact) mass is 535 g/mol. The summed E-state index contributed by atoms with van der Waals surface area (Å²) in [5.41, 5.74) is 2.22. The van der Waals surface area contributed by atoms with Crippen LogP contribution in [-0.2, 0) is 14.3 Å². The van der Waals surface area contributed by atoms with Crippen LogP contribution in [0.25, 0.3) is 11.4 Å². The Morgan fingerprint density at radius 1 is 1.03 bits per heavy atom. The van der Waals surface area contributed by atoms with Crippen LogP contribution in [0.5, 0.6) is 11.5 Å². The molecular weight excluding hydrogens is 498 g/mol. The lowest BCUT2D eigenvalue weighted by molar-refractivity contribution is -0.140. The molecule has 0 aliphatic carbocycles. The first-order valence-corrected chi connectivity index (χ1v) is 13.5. The number of unbranched alkanes of at least 4 members (excludes halogenated alkanes) is 2. The van der Waals surface area contributed by atoms with E-state index in [-0.39, 0.29) is 17.9 Å². The van der Waals surface area contributed by atoms with Crippen LogP contribution in [0.3, 0.4) is 0 Å². The predicted molar refractivity (Wildman–Crippen MR) is 148 cm³/mol. The summed E-state index contributed by atoms with van der Waals surface area (Å²) in [6, 6.07) is 10.1. The second-order valence-electron chi connectivity index (χ2n) is 9.51. The van der Waals surface area contributed by atoms with Gasteiger partial charge in [0.25, 0.3) is 11.7 Å². The van der Waals surface area contributed by atoms with E-state index in [1.807, 2.05) is 31.2 Å². The van der Waals surface area contributed by atoms with Crippen molar-refractivity contribution in [1.82, 2.24) is 14.3 Å². The van der Waals surface area contributed by atoms with E-state index in [0.29, 0.717) is 60.3 Å². The standard InChI is InChI=1S/C30H37N3O6/c1-5-7-10-18-39-22-14-13-21(19-23(22)38-6-2)27-25(29(35)30(36)33(27)16-11-17-37-4)28(34)26-20(3)31-24-12-8-9-15-32(24)26/h8-9,12-15,19,27,34H,5-7,10-11,16-18H2,1-4H3/b28-25+. The lowest BCUT2D eigenvalue weighted by Crippen LogP contribution is -2.31. The number of hydrogen-bond acceptors (Lipinski definition) is 7. The van der Waals surface area contributed by atoms with Gasteiger partial charge >= 0.3 is 0 Å². The lowest BCUT2D eigenvalue weighted by Gasteiger charge is -2.26. The molecule has 1 aromatic carbocycles. The number of ketones is 1. The number of imidazole rings is 1. The number of methoxy groups -OCH3 is 1. The lowest BCUT2D eigenvalue weighted by atomic mass is 9.95. The van der Waals surface area contributed by atoms with Gasteiger partial charge in [0.2, 0.25) is 0 Å². The van der Waals surface area contributed by atoms with Gasteiger partial charge in [0, 0.05) is 26.5 Å². The van der Waals surface area contributed by atoms with Crippen LogP contribution in [0.4, 0.5) is 0 Å². The van der Waals surface area contributed by atoms with Gasteiger partial charge in [-0.05, 0) is 56.5 Å². The van der Waals surface area contributed by atoms with E-state index < -0.39 is 17.7 Å². The molecule has 9 heteroatoms. The molecule has 1 aliphatic rings. The first-order valence-electron chi connectivity index (χ1n) is 13.5. The maximum atomic E-state index is 13.5. The van der Waals surface area contributed by atoms with E-state index in [4.69, 9.17) is 14.2 Å². The molecule has 1 atom stereocenters. The molecule has 1 unspecified atom stereocenters. The zero-order valence-corrected chi connectivity index (χ0v) is 23.1. The number of pyridine rings is 1. The van der Waals surface area contributed by atoms with Crippen LogP contribution in [-0.4, -0.2) is 64.6 Å². The minimum absolute atomic E-state index is 0.0187. The molecule has 1 saturated heterocycles. The summed E-state index contributed by atoms with van der Waals surface area (Å²) in [6.07, 6.45) is 5.40. The fourth-order valence-electron chi connectivity index (χ4n) is 4.98. The van der Waals surface area contributed by atoms with E-state index in [0.717, 1.165) is 19.3 Å². The maximum Gasteiger partial charge on any atom is 0.295 e. The van der Waals surface area contributed by atoms with E-state index in [1.54, 1.807) is 36.8 Å². The molecule has 39 heavy (non-hydrogen) atoms. The molecule has 0 spiro atoms. The summed E-state index contributed by atoms with van der Waals surface area (Å²) in [7, 11) is 1.59. The van der Waals surface area contributed by atoms with Crippen molar-refractivity contribution in [2.75, 3.05) is 33.5 Å². The zero-order valence-electron chi connectivity index (χ0n) is 23.1. The third kappa shape index (κ3) is 5.78. The Kier molecular flexibility index (Phi) is 9.24. The summed E-state index contributed by atoms with van der Waals surface area (Å²) in [6.45, 7) is 7.49. The number of aromatic nitrogens is 2. The average molecular weight is 536 g/mol. The summed E-state index contributed by atoms with van der Waals surface area (Å²) < 4.78 is 18.8. The number of hydrogen-bond donors (Lipinski definition) is 1. The molecule has 4 rings (SSSR count). The molecular formula is C30H37N3O6. The Hall–Kier alpha value is -3.85. The number of benzene rings is 1. The summed E-state index contributed by atoms with van der Waals surface area (Å²) in [5, 5.41) is 11.6. The number of aliphatic hydroxyl groups excluding tert-OH is 1. The number of nitrogens with zero attached hydrogens (tertiary/aromatic N) is 3. The van der Waals surface area contributed by atoms with Crippen molar-refractivity contribution in [3.05, 3.63) is 65.1 Å². The van der Waals surface area contributed by atoms with Gasteiger partial charge in [0.05, 0.1) is 30.5 Å². The summed E-state index contributed by atoms with van der Waals surface area (Å²) in [5.74, 6) is -0.535. The van der Waals surface area contributed by atoms with E-state index in [9.17, 15) is 14.7 Å². The summed E-state index contributed by atoms with van der Waals surface area (Å²) >= 11 is 0. The van der Waals surface area contributed by atoms with Crippen molar-refractivity contribution in [3.63, 3.8) is 0 Å². The fraction of sp³-hybridized carbons (Fsp3) is 0.433. The van der Waals surface area contributed by atoms with Gasteiger partial charge in [-0.25, -0.2) is 4.98 Å². The highest BCUT2D eigenvalue weighted by Crippen LogP contribution is 2.42. The van der Waals surface area contributed by atoms with Crippen LogP contribution in [0, 0.1) is 6.92 Å². The largest absolute Gasteiger partial charge is 0.505 e. The third-order valence-electron chi connectivity index (χ3n) is 6.80. The second-order valence-corrected chi connectivity index (χ2v) is 9.51. The van der Waals surface area contributed by atoms with Crippen molar-refractivity contribution in [3.8, 4) is 11.5 Å². The highest BCUT2D eigenvalue weighted by molar-refractivity contribution is 6.46. The molecule has 3 aromatic rings. The molecule has 208 valence electrons. The number of rotatable bonds is 13. The Morgan fingerprint density at radius 2 is 1.85 bits per heavy atom. The third-order valence-corrected chi connectivity index (χ3v) is 6.80. The minimum Gasteiger partial charge on any atom is -0.505 e. The Bertz CT molecular complexity index is 1360. The molecule has 2 aromatic heterocycles. The van der Waals surface area contributed by atoms with Crippen LogP contribution in [0.1, 0.15) is 62.5 Å². The molecule has 9 nitrogen and oxygen atoms in total. The van der Waals surface area contributed by atoms with Gasteiger partial charge in [-0.1, -0.05) is 31.9 Å². The van der Waals surface area contributed by atoms with E-state index in [1.165, 1.54) is 4.90 Å². The molecule has 0 radical (unpaired) electrons.